The van der Waals surface area contributed by atoms with Crippen LogP contribution < -0.4 is 10.2 Å². The first-order valence-electron chi connectivity index (χ1n) is 7.34. The summed E-state index contributed by atoms with van der Waals surface area (Å²) in [6, 6.07) is 4.73. The van der Waals surface area contributed by atoms with E-state index in [1.165, 1.54) is 6.07 Å². The molecule has 1 heterocycles. The first kappa shape index (κ1) is 15.9. The number of rotatable bonds is 4. The largest absolute Gasteiger partial charge is 0.368 e. The maximum absolute atomic E-state index is 13.2. The van der Waals surface area contributed by atoms with E-state index in [9.17, 15) is 9.18 Å². The standard InChI is InChI=1S/C15H21ClFN3O/c1-2-3-6-18-15(21)20-9-7-19(8-10-20)12-4-5-14(17)13(16)11-12/h4-5,11H,2-3,6-10H2,1H3,(H,18,21). The number of hydrogen-bond acceptors (Lipinski definition) is 2. The van der Waals surface area contributed by atoms with Gasteiger partial charge in [0.15, 0.2) is 0 Å². The Labute approximate surface area is 129 Å². The summed E-state index contributed by atoms with van der Waals surface area (Å²) in [6.45, 7) is 5.59. The SMILES string of the molecule is CCCCNC(=O)N1CCN(c2ccc(F)c(Cl)c2)CC1. The zero-order valence-corrected chi connectivity index (χ0v) is 13.0. The van der Waals surface area contributed by atoms with Crippen molar-refractivity contribution in [3.05, 3.63) is 29.0 Å². The summed E-state index contributed by atoms with van der Waals surface area (Å²) in [6.07, 6.45) is 2.07. The molecule has 4 nitrogen and oxygen atoms in total. The molecule has 0 atom stereocenters. The summed E-state index contributed by atoms with van der Waals surface area (Å²) in [7, 11) is 0. The van der Waals surface area contributed by atoms with Crippen LogP contribution in [0, 0.1) is 5.82 Å². The van der Waals surface area contributed by atoms with E-state index in [1.54, 1.807) is 12.1 Å². The van der Waals surface area contributed by atoms with Crippen LogP contribution in [0.4, 0.5) is 14.9 Å². The number of unbranched alkanes of at least 4 members (excludes halogenated alkanes) is 1. The molecule has 6 heteroatoms. The quantitative estimate of drug-likeness (QED) is 0.867. The van der Waals surface area contributed by atoms with Crippen LogP contribution >= 0.6 is 11.6 Å². The molecule has 1 aromatic carbocycles. The monoisotopic (exact) mass is 313 g/mol. The van der Waals surface area contributed by atoms with E-state index in [2.05, 4.69) is 17.1 Å². The van der Waals surface area contributed by atoms with Crippen LogP contribution in [0.3, 0.4) is 0 Å². The van der Waals surface area contributed by atoms with Crippen molar-refractivity contribution < 1.29 is 9.18 Å². The lowest BCUT2D eigenvalue weighted by molar-refractivity contribution is 0.194. The number of carbonyl (C=O) groups is 1. The molecule has 0 aliphatic carbocycles. The topological polar surface area (TPSA) is 35.6 Å². The molecule has 116 valence electrons. The molecule has 0 unspecified atom stereocenters. The lowest BCUT2D eigenvalue weighted by atomic mass is 10.2. The first-order valence-corrected chi connectivity index (χ1v) is 7.72. The van der Waals surface area contributed by atoms with Gasteiger partial charge in [0.25, 0.3) is 0 Å². The summed E-state index contributed by atoms with van der Waals surface area (Å²) in [5.41, 5.74) is 0.896. The second-order valence-electron chi connectivity index (χ2n) is 5.16. The van der Waals surface area contributed by atoms with Crippen molar-refractivity contribution in [1.29, 1.82) is 0 Å². The minimum Gasteiger partial charge on any atom is -0.368 e. The van der Waals surface area contributed by atoms with Crippen molar-refractivity contribution in [2.45, 2.75) is 19.8 Å². The van der Waals surface area contributed by atoms with Crippen molar-refractivity contribution in [2.75, 3.05) is 37.6 Å². The van der Waals surface area contributed by atoms with Gasteiger partial charge in [-0.2, -0.15) is 0 Å². The number of halogens is 2. The third kappa shape index (κ3) is 4.24. The highest BCUT2D eigenvalue weighted by Crippen LogP contribution is 2.23. The fourth-order valence-corrected chi connectivity index (χ4v) is 2.51. The van der Waals surface area contributed by atoms with Gasteiger partial charge in [-0.25, -0.2) is 9.18 Å². The van der Waals surface area contributed by atoms with Gasteiger partial charge in [-0.05, 0) is 24.6 Å². The molecule has 1 fully saturated rings. The highest BCUT2D eigenvalue weighted by Gasteiger charge is 2.21. The van der Waals surface area contributed by atoms with E-state index in [-0.39, 0.29) is 11.1 Å². The van der Waals surface area contributed by atoms with Crippen LogP contribution in [0.1, 0.15) is 19.8 Å². The third-order valence-electron chi connectivity index (χ3n) is 3.64. The predicted octanol–water partition coefficient (Wildman–Crippen LogP) is 3.11. The summed E-state index contributed by atoms with van der Waals surface area (Å²) >= 11 is 5.81. The summed E-state index contributed by atoms with van der Waals surface area (Å²) in [5, 5.41) is 3.05. The minimum absolute atomic E-state index is 0.000221. The molecular formula is C15H21ClFN3O. The molecule has 2 amide bonds. The highest BCUT2D eigenvalue weighted by atomic mass is 35.5. The number of piperazine rings is 1. The van der Waals surface area contributed by atoms with E-state index in [0.29, 0.717) is 13.1 Å². The Kier molecular flexibility index (Phi) is 5.67. The van der Waals surface area contributed by atoms with Crippen LogP contribution in [0.5, 0.6) is 0 Å². The average Bonchev–Trinajstić information content (AvgIpc) is 2.50. The Morgan fingerprint density at radius 1 is 1.33 bits per heavy atom. The number of anilines is 1. The number of nitrogens with zero attached hydrogens (tertiary/aromatic N) is 2. The van der Waals surface area contributed by atoms with Gasteiger partial charge in [0.1, 0.15) is 5.82 Å². The van der Waals surface area contributed by atoms with E-state index in [0.717, 1.165) is 38.2 Å². The molecule has 0 spiro atoms. The van der Waals surface area contributed by atoms with Crippen LogP contribution in [-0.4, -0.2) is 43.7 Å². The molecule has 1 N–H and O–H groups in total. The predicted molar refractivity (Wildman–Crippen MR) is 83.5 cm³/mol. The maximum atomic E-state index is 13.2. The van der Waals surface area contributed by atoms with Gasteiger partial charge in [0, 0.05) is 38.4 Å². The fourth-order valence-electron chi connectivity index (χ4n) is 2.33. The van der Waals surface area contributed by atoms with Gasteiger partial charge in [-0.1, -0.05) is 24.9 Å². The van der Waals surface area contributed by atoms with Gasteiger partial charge in [-0.15, -0.1) is 0 Å². The molecule has 1 saturated heterocycles. The second kappa shape index (κ2) is 7.50. The van der Waals surface area contributed by atoms with Crippen LogP contribution in [-0.2, 0) is 0 Å². The van der Waals surface area contributed by atoms with Gasteiger partial charge < -0.3 is 15.1 Å². The van der Waals surface area contributed by atoms with Crippen molar-refractivity contribution >= 4 is 23.3 Å². The molecule has 21 heavy (non-hydrogen) atoms. The van der Waals surface area contributed by atoms with Crippen LogP contribution in [0.2, 0.25) is 5.02 Å². The number of hydrogen-bond donors (Lipinski definition) is 1. The Balaban J connectivity index is 1.85. The number of nitrogens with one attached hydrogen (secondary N) is 1. The van der Waals surface area contributed by atoms with Crippen molar-refractivity contribution in [3.8, 4) is 0 Å². The van der Waals surface area contributed by atoms with Crippen molar-refractivity contribution in [3.63, 3.8) is 0 Å². The van der Waals surface area contributed by atoms with Crippen LogP contribution in [0.25, 0.3) is 0 Å². The van der Waals surface area contributed by atoms with Gasteiger partial charge in [-0.3, -0.25) is 0 Å². The van der Waals surface area contributed by atoms with Crippen molar-refractivity contribution in [2.24, 2.45) is 0 Å². The Morgan fingerprint density at radius 2 is 2.05 bits per heavy atom. The van der Waals surface area contributed by atoms with Crippen LogP contribution in [0.15, 0.2) is 18.2 Å². The smallest absolute Gasteiger partial charge is 0.317 e. The lowest BCUT2D eigenvalue weighted by Gasteiger charge is -2.36. The number of carbonyl (C=O) groups excluding carboxylic acids is 1. The highest BCUT2D eigenvalue weighted by molar-refractivity contribution is 6.31. The molecule has 0 bridgehead atoms. The van der Waals surface area contributed by atoms with E-state index in [1.807, 2.05) is 4.90 Å². The number of benzene rings is 1. The van der Waals surface area contributed by atoms with Gasteiger partial charge in [0.05, 0.1) is 5.02 Å². The maximum Gasteiger partial charge on any atom is 0.317 e. The third-order valence-corrected chi connectivity index (χ3v) is 3.93. The zero-order chi connectivity index (χ0) is 15.2. The fraction of sp³-hybridized carbons (Fsp3) is 0.533. The molecular weight excluding hydrogens is 293 g/mol. The molecule has 1 aromatic rings. The van der Waals surface area contributed by atoms with E-state index in [4.69, 9.17) is 11.6 Å². The molecule has 0 saturated carbocycles. The van der Waals surface area contributed by atoms with Crippen molar-refractivity contribution in [1.82, 2.24) is 10.2 Å². The number of amides is 2. The lowest BCUT2D eigenvalue weighted by Crippen LogP contribution is -2.52. The Morgan fingerprint density at radius 3 is 2.67 bits per heavy atom. The molecule has 2 rings (SSSR count). The zero-order valence-electron chi connectivity index (χ0n) is 12.2. The summed E-state index contributed by atoms with van der Waals surface area (Å²) in [4.78, 5) is 15.9. The Bertz CT molecular complexity index is 490. The van der Waals surface area contributed by atoms with E-state index < -0.39 is 5.82 Å². The molecule has 0 radical (unpaired) electrons. The Hall–Kier alpha value is -1.49. The number of urea groups is 1. The molecule has 1 aliphatic rings. The molecule has 0 aromatic heterocycles. The summed E-state index contributed by atoms with van der Waals surface area (Å²) in [5.74, 6) is -0.408. The second-order valence-corrected chi connectivity index (χ2v) is 5.57. The minimum atomic E-state index is -0.408. The first-order chi connectivity index (χ1) is 10.1. The summed E-state index contributed by atoms with van der Waals surface area (Å²) < 4.78 is 13.2. The average molecular weight is 314 g/mol. The van der Waals surface area contributed by atoms with E-state index >= 15 is 0 Å². The van der Waals surface area contributed by atoms with Gasteiger partial charge >= 0.3 is 6.03 Å². The molecule has 1 aliphatic heterocycles. The van der Waals surface area contributed by atoms with Gasteiger partial charge in [0.2, 0.25) is 0 Å². The normalized spacial score (nSPS) is 15.2.